The molecule has 0 spiro atoms. The van der Waals surface area contributed by atoms with Gasteiger partial charge in [0.15, 0.2) is 0 Å². The van der Waals surface area contributed by atoms with Crippen molar-refractivity contribution >= 4 is 134 Å². The van der Waals surface area contributed by atoms with Crippen molar-refractivity contribution in [3.63, 3.8) is 0 Å². The number of benzene rings is 2. The zero-order chi connectivity index (χ0) is 20.9. The van der Waals surface area contributed by atoms with Gasteiger partial charge in [0, 0.05) is 0 Å². The summed E-state index contributed by atoms with van der Waals surface area (Å²) in [5, 5.41) is 0.485. The minimum absolute atomic E-state index is 0.0247. The lowest BCUT2D eigenvalue weighted by Gasteiger charge is -2.23. The highest BCUT2D eigenvalue weighted by Gasteiger charge is 2.36. The summed E-state index contributed by atoms with van der Waals surface area (Å²) in [5.41, 5.74) is 4.34. The summed E-state index contributed by atoms with van der Waals surface area (Å²) in [6.45, 7) is -0.755. The second kappa shape index (κ2) is 9.03. The maximum Gasteiger partial charge on any atom is 0.258 e. The number of rotatable bonds is 3. The summed E-state index contributed by atoms with van der Waals surface area (Å²) in [6.07, 6.45) is 5.24. The van der Waals surface area contributed by atoms with Gasteiger partial charge in [-0.15, -0.1) is 5.73 Å². The first kappa shape index (κ1) is 23.3. The van der Waals surface area contributed by atoms with Crippen molar-refractivity contribution in [1.82, 2.24) is 0 Å². The molecule has 0 aliphatic heterocycles. The molecule has 2 aromatic rings. The van der Waals surface area contributed by atoms with Crippen LogP contribution in [0.2, 0.25) is 50.2 Å². The van der Waals surface area contributed by atoms with Gasteiger partial charge in [0.25, 0.3) is 6.71 Å². The maximum absolute atomic E-state index is 6.50. The molecule has 0 fully saturated rings. The molecule has 0 heterocycles. The normalized spacial score (nSPS) is 12.7. The molecule has 11 heteroatoms. The minimum Gasteiger partial charge on any atom is -0.126 e. The van der Waals surface area contributed by atoms with Gasteiger partial charge in [0.05, 0.1) is 50.2 Å². The molecule has 3 rings (SSSR count). The first-order valence-electron chi connectivity index (χ1n) is 7.25. The van der Waals surface area contributed by atoms with E-state index in [2.05, 4.69) is 5.73 Å². The van der Waals surface area contributed by atoms with Crippen LogP contribution in [0.15, 0.2) is 29.4 Å². The van der Waals surface area contributed by atoms with Crippen LogP contribution in [0.4, 0.5) is 0 Å². The fraction of sp³-hybridized carbons (Fsp3) is 0. The number of allylic oxidation sites excluding steroid dienone is 3. The first-order valence-corrected chi connectivity index (χ1v) is 11.0. The lowest BCUT2D eigenvalue weighted by Crippen LogP contribution is -2.46. The van der Waals surface area contributed by atoms with Crippen LogP contribution in [0.5, 0.6) is 0 Å². The molecular weight excluding hydrogens is 570 g/mol. The number of hydrogen-bond donors (Lipinski definition) is 0. The Balaban J connectivity index is 2.48. The van der Waals surface area contributed by atoms with Crippen molar-refractivity contribution in [2.24, 2.45) is 0 Å². The van der Waals surface area contributed by atoms with Gasteiger partial charge < -0.3 is 0 Å². The van der Waals surface area contributed by atoms with E-state index in [-0.39, 0.29) is 50.2 Å². The zero-order valence-corrected chi connectivity index (χ0v) is 20.6. The van der Waals surface area contributed by atoms with Crippen LogP contribution in [-0.2, 0) is 0 Å². The van der Waals surface area contributed by atoms with Gasteiger partial charge in [-0.2, -0.15) is 0 Å². The molecule has 1 aliphatic rings. The minimum atomic E-state index is -0.755. The van der Waals surface area contributed by atoms with Gasteiger partial charge in [-0.25, -0.2) is 0 Å². The van der Waals surface area contributed by atoms with Gasteiger partial charge in [-0.05, 0) is 22.5 Å². The Bertz CT molecular complexity index is 984. The molecule has 0 unspecified atom stereocenters. The number of hydrogen-bond acceptors (Lipinski definition) is 0. The van der Waals surface area contributed by atoms with Crippen LogP contribution in [-0.4, -0.2) is 6.71 Å². The fourth-order valence-corrected chi connectivity index (χ4v) is 5.47. The van der Waals surface area contributed by atoms with Crippen LogP contribution in [0.25, 0.3) is 0 Å². The van der Waals surface area contributed by atoms with E-state index in [0.29, 0.717) is 16.4 Å². The molecule has 0 amide bonds. The van der Waals surface area contributed by atoms with Gasteiger partial charge in [0.1, 0.15) is 0 Å². The molecule has 0 aromatic heterocycles. The fourth-order valence-electron chi connectivity index (χ4n) is 2.73. The molecule has 0 nitrogen and oxygen atoms in total. The summed E-state index contributed by atoms with van der Waals surface area (Å²) in [5.74, 6) is 0. The SMILES string of the molecule is Clc1c(Cl)c(Cl)c(B(C2=C=CC=C2)c2c(Cl)c(Cl)c(Cl)c(Cl)c2Cl)c(Cl)c1Cl. The van der Waals surface area contributed by atoms with Crippen LogP contribution >= 0.6 is 116 Å². The average Bonchev–Trinajstić information content (AvgIpc) is 3.21. The third kappa shape index (κ3) is 3.84. The Kier molecular flexibility index (Phi) is 7.53. The summed E-state index contributed by atoms with van der Waals surface area (Å²) in [6, 6.07) is 0. The van der Waals surface area contributed by atoms with E-state index in [4.69, 9.17) is 116 Å². The molecule has 0 bridgehead atoms. The van der Waals surface area contributed by atoms with Crippen molar-refractivity contribution in [2.45, 2.75) is 0 Å². The monoisotopic (exact) mass is 568 g/mol. The summed E-state index contributed by atoms with van der Waals surface area (Å²) < 4.78 is 0. The number of halogens is 10. The maximum atomic E-state index is 6.50. The topological polar surface area (TPSA) is 0 Å². The van der Waals surface area contributed by atoms with Gasteiger partial charge in [-0.1, -0.05) is 128 Å². The van der Waals surface area contributed by atoms with Gasteiger partial charge in [-0.3, -0.25) is 0 Å². The predicted molar refractivity (Wildman–Crippen MR) is 129 cm³/mol. The molecule has 0 radical (unpaired) electrons. The quantitative estimate of drug-likeness (QED) is 0.149. The van der Waals surface area contributed by atoms with Gasteiger partial charge in [0.2, 0.25) is 0 Å². The van der Waals surface area contributed by atoms with Crippen molar-refractivity contribution in [1.29, 1.82) is 0 Å². The van der Waals surface area contributed by atoms with Crippen LogP contribution in [0.3, 0.4) is 0 Å². The molecule has 144 valence electrons. The van der Waals surface area contributed by atoms with Crippen molar-refractivity contribution in [3.05, 3.63) is 79.7 Å². The molecule has 1 aliphatic carbocycles. The third-order valence-electron chi connectivity index (χ3n) is 4.00. The highest BCUT2D eigenvalue weighted by atomic mass is 35.5. The van der Waals surface area contributed by atoms with E-state index in [1.165, 1.54) is 0 Å². The third-order valence-corrected chi connectivity index (χ3v) is 8.61. The molecule has 2 aromatic carbocycles. The van der Waals surface area contributed by atoms with E-state index < -0.39 is 6.71 Å². The molecule has 0 N–H and O–H groups in total. The van der Waals surface area contributed by atoms with Gasteiger partial charge >= 0.3 is 0 Å². The molecule has 0 saturated carbocycles. The van der Waals surface area contributed by atoms with Crippen LogP contribution < -0.4 is 10.9 Å². The Morgan fingerprint density at radius 2 is 0.821 bits per heavy atom. The second-order valence-corrected chi connectivity index (χ2v) is 9.31. The highest BCUT2D eigenvalue weighted by molar-refractivity contribution is 6.97. The summed E-state index contributed by atoms with van der Waals surface area (Å²) in [7, 11) is 0. The van der Waals surface area contributed by atoms with E-state index >= 15 is 0 Å². The van der Waals surface area contributed by atoms with Crippen LogP contribution in [0, 0.1) is 0 Å². The van der Waals surface area contributed by atoms with E-state index in [0.717, 1.165) is 0 Å². The second-order valence-electron chi connectivity index (χ2n) is 5.53. The molecule has 0 atom stereocenters. The smallest absolute Gasteiger partial charge is 0.126 e. The predicted octanol–water partition coefficient (Wildman–Crippen LogP) is 9.02. The average molecular weight is 573 g/mol. The Morgan fingerprint density at radius 1 is 0.500 bits per heavy atom. The van der Waals surface area contributed by atoms with Crippen molar-refractivity contribution in [2.75, 3.05) is 0 Å². The van der Waals surface area contributed by atoms with Crippen LogP contribution in [0.1, 0.15) is 0 Å². The Hall–Kier alpha value is 0.665. The van der Waals surface area contributed by atoms with Crippen molar-refractivity contribution < 1.29 is 0 Å². The van der Waals surface area contributed by atoms with E-state index in [9.17, 15) is 0 Å². The standard InChI is InChI=1S/C17H3BCl10/c19-8-6(9(20)13(24)16(27)12(8)23)18(5-3-1-2-4-5)7-10(21)14(25)17(28)15(26)11(7)22/h1-3H. The van der Waals surface area contributed by atoms with Crippen molar-refractivity contribution in [3.8, 4) is 0 Å². The Labute approximate surface area is 211 Å². The Morgan fingerprint density at radius 3 is 1.11 bits per heavy atom. The molecular formula is C17H3BCl10. The lowest BCUT2D eigenvalue weighted by atomic mass is 9.36. The first-order chi connectivity index (χ1) is 13.1. The zero-order valence-electron chi connectivity index (χ0n) is 13.1. The molecule has 28 heavy (non-hydrogen) atoms. The molecule has 0 saturated heterocycles. The largest absolute Gasteiger partial charge is 0.258 e. The lowest BCUT2D eigenvalue weighted by molar-refractivity contribution is 1.70. The van der Waals surface area contributed by atoms with E-state index in [1.807, 2.05) is 0 Å². The highest BCUT2D eigenvalue weighted by Crippen LogP contribution is 2.43. The summed E-state index contributed by atoms with van der Waals surface area (Å²) in [4.78, 5) is 0. The summed E-state index contributed by atoms with van der Waals surface area (Å²) >= 11 is 63.3. The van der Waals surface area contributed by atoms with E-state index in [1.54, 1.807) is 18.2 Å².